The van der Waals surface area contributed by atoms with Crippen molar-refractivity contribution in [3.05, 3.63) is 63.7 Å². The largest absolute Gasteiger partial charge is 0.393 e. The van der Waals surface area contributed by atoms with Gasteiger partial charge < -0.3 is 10.6 Å². The number of hydrogen-bond donors (Lipinski definition) is 1. The fourth-order valence-electron chi connectivity index (χ4n) is 2.64. The molecule has 5 heteroatoms. The number of para-hydroxylation sites is 1. The maximum absolute atomic E-state index is 10.9. The van der Waals surface area contributed by atoms with Crippen LogP contribution in [0.5, 0.6) is 0 Å². The first-order chi connectivity index (χ1) is 9.65. The van der Waals surface area contributed by atoms with Crippen LogP contribution in [0.2, 0.25) is 0 Å². The molecule has 0 radical (unpaired) electrons. The van der Waals surface area contributed by atoms with Gasteiger partial charge in [0.25, 0.3) is 5.69 Å². The van der Waals surface area contributed by atoms with Gasteiger partial charge in [0.1, 0.15) is 5.69 Å². The second-order valence-electron chi connectivity index (χ2n) is 4.95. The summed E-state index contributed by atoms with van der Waals surface area (Å²) in [7, 11) is 0. The highest BCUT2D eigenvalue weighted by atomic mass is 16.6. The minimum absolute atomic E-state index is 0.0185. The van der Waals surface area contributed by atoms with Crippen molar-refractivity contribution >= 4 is 17.1 Å². The van der Waals surface area contributed by atoms with Crippen LogP contribution in [-0.4, -0.2) is 11.5 Å². The van der Waals surface area contributed by atoms with Crippen molar-refractivity contribution in [2.24, 2.45) is 0 Å². The molecule has 0 saturated carbocycles. The van der Waals surface area contributed by atoms with E-state index in [2.05, 4.69) is 17.0 Å². The van der Waals surface area contributed by atoms with E-state index in [1.807, 2.05) is 18.2 Å². The molecular weight excluding hydrogens is 254 g/mol. The van der Waals surface area contributed by atoms with Crippen molar-refractivity contribution in [1.82, 2.24) is 0 Å². The Labute approximate surface area is 116 Å². The van der Waals surface area contributed by atoms with Crippen LogP contribution in [0.1, 0.15) is 11.1 Å². The van der Waals surface area contributed by atoms with Gasteiger partial charge in [-0.1, -0.05) is 24.3 Å². The molecule has 0 unspecified atom stereocenters. The normalized spacial score (nSPS) is 13.3. The predicted molar refractivity (Wildman–Crippen MR) is 78.7 cm³/mol. The summed E-state index contributed by atoms with van der Waals surface area (Å²) in [5, 5.41) is 10.9. The van der Waals surface area contributed by atoms with Crippen molar-refractivity contribution in [3.8, 4) is 0 Å². The number of nitro benzene ring substituents is 1. The molecule has 0 aromatic heterocycles. The second kappa shape index (κ2) is 4.85. The van der Waals surface area contributed by atoms with E-state index in [9.17, 15) is 10.1 Å². The van der Waals surface area contributed by atoms with Crippen LogP contribution in [0.15, 0.2) is 42.5 Å². The molecule has 0 saturated heterocycles. The number of anilines is 2. The number of nitrogen functional groups attached to an aromatic ring is 1. The van der Waals surface area contributed by atoms with E-state index in [0.29, 0.717) is 6.54 Å². The van der Waals surface area contributed by atoms with Gasteiger partial charge in [0.2, 0.25) is 0 Å². The van der Waals surface area contributed by atoms with E-state index in [-0.39, 0.29) is 11.4 Å². The lowest BCUT2D eigenvalue weighted by Gasteiger charge is -2.19. The number of fused-ring (bicyclic) bond motifs is 1. The van der Waals surface area contributed by atoms with Gasteiger partial charge in [0.15, 0.2) is 0 Å². The highest BCUT2D eigenvalue weighted by Gasteiger charge is 2.19. The van der Waals surface area contributed by atoms with Gasteiger partial charge in [-0.2, -0.15) is 0 Å². The molecule has 102 valence electrons. The van der Waals surface area contributed by atoms with Gasteiger partial charge >= 0.3 is 0 Å². The summed E-state index contributed by atoms with van der Waals surface area (Å²) >= 11 is 0. The Kier molecular flexibility index (Phi) is 3.02. The maximum Gasteiger partial charge on any atom is 0.292 e. The monoisotopic (exact) mass is 269 g/mol. The summed E-state index contributed by atoms with van der Waals surface area (Å²) < 4.78 is 0. The number of benzene rings is 2. The molecule has 0 aliphatic carbocycles. The molecule has 1 heterocycles. The molecule has 20 heavy (non-hydrogen) atoms. The highest BCUT2D eigenvalue weighted by molar-refractivity contribution is 5.61. The Morgan fingerprint density at radius 3 is 2.85 bits per heavy atom. The van der Waals surface area contributed by atoms with Gasteiger partial charge in [-0.3, -0.25) is 10.1 Å². The molecule has 3 rings (SSSR count). The third-order valence-corrected chi connectivity index (χ3v) is 3.65. The van der Waals surface area contributed by atoms with Crippen molar-refractivity contribution < 1.29 is 4.92 Å². The summed E-state index contributed by atoms with van der Waals surface area (Å²) in [5.74, 6) is 0. The van der Waals surface area contributed by atoms with E-state index in [0.717, 1.165) is 18.5 Å². The molecule has 0 amide bonds. The lowest BCUT2D eigenvalue weighted by Crippen LogP contribution is -2.19. The van der Waals surface area contributed by atoms with E-state index in [4.69, 9.17) is 5.73 Å². The first-order valence-electron chi connectivity index (χ1n) is 6.51. The third-order valence-electron chi connectivity index (χ3n) is 3.65. The first-order valence-corrected chi connectivity index (χ1v) is 6.51. The zero-order chi connectivity index (χ0) is 14.1. The predicted octanol–water partition coefficient (Wildman–Crippen LogP) is 2.74. The fraction of sp³-hybridized carbons (Fsp3) is 0.200. The van der Waals surface area contributed by atoms with Gasteiger partial charge in [-0.05, 0) is 29.7 Å². The van der Waals surface area contributed by atoms with Crippen LogP contribution in [0, 0.1) is 10.1 Å². The SMILES string of the molecule is Nc1ccc(CN2CCc3ccccc32)cc1[N+](=O)[O-]. The molecule has 1 aliphatic heterocycles. The number of rotatable bonds is 3. The van der Waals surface area contributed by atoms with Crippen LogP contribution < -0.4 is 10.6 Å². The molecule has 0 bridgehead atoms. The number of nitro groups is 1. The number of nitrogens with zero attached hydrogens (tertiary/aromatic N) is 2. The Morgan fingerprint density at radius 2 is 2.05 bits per heavy atom. The zero-order valence-electron chi connectivity index (χ0n) is 11.0. The molecule has 5 nitrogen and oxygen atoms in total. The lowest BCUT2D eigenvalue weighted by atomic mass is 10.1. The van der Waals surface area contributed by atoms with Gasteiger partial charge in [0, 0.05) is 24.8 Å². The molecule has 2 aromatic rings. The van der Waals surface area contributed by atoms with Crippen LogP contribution in [0.3, 0.4) is 0 Å². The molecule has 0 fully saturated rings. The lowest BCUT2D eigenvalue weighted by molar-refractivity contribution is -0.384. The summed E-state index contributed by atoms with van der Waals surface area (Å²) in [5.41, 5.74) is 9.26. The summed E-state index contributed by atoms with van der Waals surface area (Å²) in [6.07, 6.45) is 1.02. The third kappa shape index (κ3) is 2.18. The van der Waals surface area contributed by atoms with E-state index in [1.165, 1.54) is 11.3 Å². The molecular formula is C15H15N3O2. The van der Waals surface area contributed by atoms with Crippen molar-refractivity contribution in [2.45, 2.75) is 13.0 Å². The highest BCUT2D eigenvalue weighted by Crippen LogP contribution is 2.30. The van der Waals surface area contributed by atoms with Gasteiger partial charge in [0.05, 0.1) is 4.92 Å². The van der Waals surface area contributed by atoms with Crippen LogP contribution >= 0.6 is 0 Å². The standard InChI is InChI=1S/C15H15N3O2/c16-13-6-5-11(9-15(13)18(19)20)10-17-8-7-12-3-1-2-4-14(12)17/h1-6,9H,7-8,10,16H2. The van der Waals surface area contributed by atoms with Gasteiger partial charge in [-0.25, -0.2) is 0 Å². The average molecular weight is 269 g/mol. The molecule has 0 spiro atoms. The van der Waals surface area contributed by atoms with E-state index in [1.54, 1.807) is 12.1 Å². The van der Waals surface area contributed by atoms with Crippen molar-refractivity contribution in [3.63, 3.8) is 0 Å². The number of hydrogen-bond acceptors (Lipinski definition) is 4. The number of nitrogens with two attached hydrogens (primary N) is 1. The molecule has 1 aliphatic rings. The van der Waals surface area contributed by atoms with E-state index < -0.39 is 4.92 Å². The maximum atomic E-state index is 10.9. The quantitative estimate of drug-likeness (QED) is 0.528. The first kappa shape index (κ1) is 12.5. The topological polar surface area (TPSA) is 72.4 Å². The Balaban J connectivity index is 1.86. The average Bonchev–Trinajstić information content (AvgIpc) is 2.84. The van der Waals surface area contributed by atoms with Crippen molar-refractivity contribution in [1.29, 1.82) is 0 Å². The van der Waals surface area contributed by atoms with Crippen LogP contribution in [-0.2, 0) is 13.0 Å². The van der Waals surface area contributed by atoms with Crippen molar-refractivity contribution in [2.75, 3.05) is 17.2 Å². The molecule has 2 N–H and O–H groups in total. The Morgan fingerprint density at radius 1 is 1.25 bits per heavy atom. The second-order valence-corrected chi connectivity index (χ2v) is 4.95. The van der Waals surface area contributed by atoms with Crippen LogP contribution in [0.4, 0.5) is 17.1 Å². The van der Waals surface area contributed by atoms with E-state index >= 15 is 0 Å². The minimum Gasteiger partial charge on any atom is -0.393 e. The minimum atomic E-state index is -0.434. The Hall–Kier alpha value is -2.56. The summed E-state index contributed by atoms with van der Waals surface area (Å²) in [6, 6.07) is 13.3. The van der Waals surface area contributed by atoms with Gasteiger partial charge in [-0.15, -0.1) is 0 Å². The summed E-state index contributed by atoms with van der Waals surface area (Å²) in [6.45, 7) is 1.61. The van der Waals surface area contributed by atoms with Crippen LogP contribution in [0.25, 0.3) is 0 Å². The zero-order valence-corrected chi connectivity index (χ0v) is 11.0. The molecule has 2 aromatic carbocycles. The summed E-state index contributed by atoms with van der Waals surface area (Å²) in [4.78, 5) is 12.7. The smallest absolute Gasteiger partial charge is 0.292 e. The fourth-order valence-corrected chi connectivity index (χ4v) is 2.64. The molecule has 0 atom stereocenters. The Bertz CT molecular complexity index is 670.